The van der Waals surface area contributed by atoms with Gasteiger partial charge in [-0.3, -0.25) is 4.79 Å². The summed E-state index contributed by atoms with van der Waals surface area (Å²) in [7, 11) is 3.09. The molecule has 0 saturated carbocycles. The zero-order valence-corrected chi connectivity index (χ0v) is 14.9. The van der Waals surface area contributed by atoms with Crippen LogP contribution in [-0.2, 0) is 11.2 Å². The van der Waals surface area contributed by atoms with E-state index < -0.39 is 0 Å². The zero-order chi connectivity index (χ0) is 18.5. The first kappa shape index (κ1) is 18.2. The van der Waals surface area contributed by atoms with Gasteiger partial charge in [-0.2, -0.15) is 0 Å². The van der Waals surface area contributed by atoms with Crippen molar-refractivity contribution in [3.8, 4) is 11.5 Å². The van der Waals surface area contributed by atoms with Crippen LogP contribution in [-0.4, -0.2) is 50.8 Å². The van der Waals surface area contributed by atoms with Gasteiger partial charge in [0.2, 0.25) is 0 Å². The van der Waals surface area contributed by atoms with Crippen LogP contribution in [0, 0.1) is 5.82 Å². The van der Waals surface area contributed by atoms with E-state index >= 15 is 0 Å². The molecule has 1 amide bonds. The van der Waals surface area contributed by atoms with E-state index in [-0.39, 0.29) is 17.8 Å². The lowest BCUT2D eigenvalue weighted by molar-refractivity contribution is -0.0208. The molecule has 0 radical (unpaired) electrons. The minimum absolute atomic E-state index is 0.0847. The monoisotopic (exact) mass is 359 g/mol. The summed E-state index contributed by atoms with van der Waals surface area (Å²) in [5.74, 6) is 0.744. The van der Waals surface area contributed by atoms with Crippen molar-refractivity contribution < 1.29 is 23.4 Å². The van der Waals surface area contributed by atoms with Gasteiger partial charge in [-0.25, -0.2) is 4.39 Å². The predicted molar refractivity (Wildman–Crippen MR) is 95.3 cm³/mol. The van der Waals surface area contributed by atoms with Crippen molar-refractivity contribution in [2.45, 2.75) is 12.5 Å². The Kier molecular flexibility index (Phi) is 5.73. The van der Waals surface area contributed by atoms with Crippen LogP contribution in [0.4, 0.5) is 4.39 Å². The lowest BCUT2D eigenvalue weighted by Crippen LogP contribution is -2.46. The molecule has 1 aliphatic rings. The van der Waals surface area contributed by atoms with E-state index in [2.05, 4.69) is 0 Å². The molecule has 6 heteroatoms. The Morgan fingerprint density at radius 3 is 2.73 bits per heavy atom. The van der Waals surface area contributed by atoms with Crippen LogP contribution in [0.5, 0.6) is 11.5 Å². The van der Waals surface area contributed by atoms with E-state index in [1.165, 1.54) is 19.2 Å². The molecule has 1 saturated heterocycles. The van der Waals surface area contributed by atoms with E-state index in [0.717, 1.165) is 5.56 Å². The van der Waals surface area contributed by atoms with Crippen LogP contribution in [0.1, 0.15) is 15.9 Å². The quantitative estimate of drug-likeness (QED) is 0.824. The number of ether oxygens (including phenoxy) is 3. The van der Waals surface area contributed by atoms with Crippen molar-refractivity contribution in [1.82, 2.24) is 4.90 Å². The Bertz CT molecular complexity index is 780. The predicted octanol–water partition coefficient (Wildman–Crippen LogP) is 2.93. The van der Waals surface area contributed by atoms with Crippen molar-refractivity contribution in [1.29, 1.82) is 0 Å². The number of amides is 1. The smallest absolute Gasteiger partial charge is 0.254 e. The van der Waals surface area contributed by atoms with Crippen molar-refractivity contribution in [3.63, 3.8) is 0 Å². The molecule has 1 atom stereocenters. The summed E-state index contributed by atoms with van der Waals surface area (Å²) in [6, 6.07) is 11.6. The van der Waals surface area contributed by atoms with Gasteiger partial charge >= 0.3 is 0 Å². The number of hydrogen-bond donors (Lipinski definition) is 0. The van der Waals surface area contributed by atoms with E-state index in [1.54, 1.807) is 36.3 Å². The standard InChI is InChI=1S/C20H22FNO4/c1-24-18-7-6-15(12-19(18)25-2)20(23)22-8-9-26-17(13-22)11-14-4-3-5-16(21)10-14/h3-7,10,12,17H,8-9,11,13H2,1-2H3. The highest BCUT2D eigenvalue weighted by Crippen LogP contribution is 2.28. The molecular formula is C20H22FNO4. The molecule has 0 aliphatic carbocycles. The molecule has 1 fully saturated rings. The van der Waals surface area contributed by atoms with Gasteiger partial charge in [-0.15, -0.1) is 0 Å². The summed E-state index contributed by atoms with van der Waals surface area (Å²) in [5, 5.41) is 0. The van der Waals surface area contributed by atoms with Gasteiger partial charge in [0.25, 0.3) is 5.91 Å². The van der Waals surface area contributed by atoms with Gasteiger partial charge in [-0.05, 0) is 35.9 Å². The van der Waals surface area contributed by atoms with Crippen LogP contribution >= 0.6 is 0 Å². The largest absolute Gasteiger partial charge is 0.493 e. The first-order chi connectivity index (χ1) is 12.6. The highest BCUT2D eigenvalue weighted by atomic mass is 19.1. The molecule has 0 N–H and O–H groups in total. The second-order valence-electron chi connectivity index (χ2n) is 6.15. The van der Waals surface area contributed by atoms with E-state index in [9.17, 15) is 9.18 Å². The number of halogens is 1. The molecule has 138 valence electrons. The summed E-state index contributed by atoms with van der Waals surface area (Å²) in [6.07, 6.45) is 0.405. The first-order valence-electron chi connectivity index (χ1n) is 8.48. The van der Waals surface area contributed by atoms with Gasteiger partial charge in [-0.1, -0.05) is 12.1 Å². The number of methoxy groups -OCH3 is 2. The number of rotatable bonds is 5. The second-order valence-corrected chi connectivity index (χ2v) is 6.15. The first-order valence-corrected chi connectivity index (χ1v) is 8.48. The maximum Gasteiger partial charge on any atom is 0.254 e. The van der Waals surface area contributed by atoms with Crippen molar-refractivity contribution >= 4 is 5.91 Å². The van der Waals surface area contributed by atoms with Gasteiger partial charge < -0.3 is 19.1 Å². The molecule has 2 aromatic carbocycles. The topological polar surface area (TPSA) is 48.0 Å². The zero-order valence-electron chi connectivity index (χ0n) is 14.9. The van der Waals surface area contributed by atoms with Crippen molar-refractivity contribution in [3.05, 3.63) is 59.4 Å². The minimum Gasteiger partial charge on any atom is -0.493 e. The normalized spacial score (nSPS) is 17.0. The third-order valence-electron chi connectivity index (χ3n) is 4.41. The number of morpholine rings is 1. The van der Waals surface area contributed by atoms with Crippen LogP contribution in [0.25, 0.3) is 0 Å². The number of carbonyl (C=O) groups is 1. The maximum atomic E-state index is 13.4. The fraction of sp³-hybridized carbons (Fsp3) is 0.350. The van der Waals surface area contributed by atoms with Crippen LogP contribution in [0.15, 0.2) is 42.5 Å². The average Bonchev–Trinajstić information content (AvgIpc) is 2.67. The molecule has 0 aromatic heterocycles. The maximum absolute atomic E-state index is 13.4. The lowest BCUT2D eigenvalue weighted by atomic mass is 10.1. The number of carbonyl (C=O) groups excluding carboxylic acids is 1. The molecule has 0 bridgehead atoms. The minimum atomic E-state index is -0.267. The Hall–Kier alpha value is -2.60. The fourth-order valence-corrected chi connectivity index (χ4v) is 3.11. The fourth-order valence-electron chi connectivity index (χ4n) is 3.11. The molecule has 3 rings (SSSR count). The molecule has 5 nitrogen and oxygen atoms in total. The second kappa shape index (κ2) is 8.19. The summed E-state index contributed by atoms with van der Waals surface area (Å²) < 4.78 is 29.6. The summed E-state index contributed by atoms with van der Waals surface area (Å²) in [4.78, 5) is 14.6. The molecule has 1 heterocycles. The summed E-state index contributed by atoms with van der Waals surface area (Å²) >= 11 is 0. The number of hydrogen-bond acceptors (Lipinski definition) is 4. The molecular weight excluding hydrogens is 337 g/mol. The number of nitrogens with zero attached hydrogens (tertiary/aromatic N) is 1. The Morgan fingerprint density at radius 2 is 2.00 bits per heavy atom. The summed E-state index contributed by atoms with van der Waals surface area (Å²) in [5.41, 5.74) is 1.39. The van der Waals surface area contributed by atoms with E-state index in [4.69, 9.17) is 14.2 Å². The Morgan fingerprint density at radius 1 is 1.19 bits per heavy atom. The highest BCUT2D eigenvalue weighted by Gasteiger charge is 2.26. The Balaban J connectivity index is 1.70. The lowest BCUT2D eigenvalue weighted by Gasteiger charge is -2.33. The van der Waals surface area contributed by atoms with Crippen molar-refractivity contribution in [2.24, 2.45) is 0 Å². The molecule has 26 heavy (non-hydrogen) atoms. The van der Waals surface area contributed by atoms with Crippen molar-refractivity contribution in [2.75, 3.05) is 33.9 Å². The number of benzene rings is 2. The highest BCUT2D eigenvalue weighted by molar-refractivity contribution is 5.95. The van der Waals surface area contributed by atoms with Crippen LogP contribution in [0.2, 0.25) is 0 Å². The van der Waals surface area contributed by atoms with Crippen LogP contribution in [0.3, 0.4) is 0 Å². The third-order valence-corrected chi connectivity index (χ3v) is 4.41. The Labute approximate surface area is 152 Å². The van der Waals surface area contributed by atoms with Crippen LogP contribution < -0.4 is 9.47 Å². The van der Waals surface area contributed by atoms with E-state index in [0.29, 0.717) is 43.2 Å². The van der Waals surface area contributed by atoms with E-state index in [1.807, 2.05) is 6.07 Å². The molecule has 1 aliphatic heterocycles. The SMILES string of the molecule is COc1ccc(C(=O)N2CCOC(Cc3cccc(F)c3)C2)cc1OC. The van der Waals surface area contributed by atoms with Gasteiger partial charge in [0.1, 0.15) is 5.82 Å². The average molecular weight is 359 g/mol. The molecule has 2 aromatic rings. The molecule has 0 spiro atoms. The van der Waals surface area contributed by atoms with Gasteiger partial charge in [0.15, 0.2) is 11.5 Å². The third kappa shape index (κ3) is 4.14. The van der Waals surface area contributed by atoms with Gasteiger partial charge in [0.05, 0.1) is 26.9 Å². The van der Waals surface area contributed by atoms with Gasteiger partial charge in [0, 0.05) is 25.1 Å². The molecule has 1 unspecified atom stereocenters. The summed E-state index contributed by atoms with van der Waals surface area (Å²) in [6.45, 7) is 1.44.